The summed E-state index contributed by atoms with van der Waals surface area (Å²) in [6.45, 7) is 3.00. The number of aromatic nitrogens is 2. The van der Waals surface area contributed by atoms with E-state index >= 15 is 0 Å². The zero-order valence-corrected chi connectivity index (χ0v) is 12.2. The predicted octanol–water partition coefficient (Wildman–Crippen LogP) is 2.82. The van der Waals surface area contributed by atoms with Crippen LogP contribution in [0.1, 0.15) is 19.3 Å². The molecule has 1 aromatic carbocycles. The van der Waals surface area contributed by atoms with Gasteiger partial charge in [-0.25, -0.2) is 9.97 Å². The summed E-state index contributed by atoms with van der Waals surface area (Å²) in [5.41, 5.74) is 1.80. The maximum absolute atomic E-state index is 5.72. The summed E-state index contributed by atoms with van der Waals surface area (Å²) in [7, 11) is 0. The van der Waals surface area contributed by atoms with Crippen LogP contribution in [0.5, 0.6) is 5.88 Å². The molecule has 1 fully saturated rings. The highest BCUT2D eigenvalue weighted by molar-refractivity contribution is 5.85. The Hall–Kier alpha value is -1.39. The van der Waals surface area contributed by atoms with E-state index in [2.05, 4.69) is 15.3 Å². The van der Waals surface area contributed by atoms with Crippen molar-refractivity contribution in [1.29, 1.82) is 0 Å². The molecular weight excluding hydrogens is 274 g/mol. The molecule has 1 N–H and O–H groups in total. The van der Waals surface area contributed by atoms with Crippen molar-refractivity contribution >= 4 is 23.4 Å². The topological polar surface area (TPSA) is 47.0 Å². The monoisotopic (exact) mass is 293 g/mol. The van der Waals surface area contributed by atoms with E-state index in [1.807, 2.05) is 24.3 Å². The molecule has 2 heterocycles. The van der Waals surface area contributed by atoms with Gasteiger partial charge in [0.2, 0.25) is 5.88 Å². The van der Waals surface area contributed by atoms with Gasteiger partial charge in [0, 0.05) is 0 Å². The lowest BCUT2D eigenvalue weighted by Gasteiger charge is -2.22. The van der Waals surface area contributed by atoms with Gasteiger partial charge in [0.1, 0.15) is 0 Å². The minimum absolute atomic E-state index is 0. The fourth-order valence-corrected chi connectivity index (χ4v) is 2.51. The second-order valence-corrected chi connectivity index (χ2v) is 5.05. The first-order valence-electron chi connectivity index (χ1n) is 6.97. The predicted molar refractivity (Wildman–Crippen MR) is 82.5 cm³/mol. The summed E-state index contributed by atoms with van der Waals surface area (Å²) >= 11 is 0. The minimum atomic E-state index is 0. The number of ether oxygens (including phenoxy) is 1. The highest BCUT2D eigenvalue weighted by atomic mass is 35.5. The van der Waals surface area contributed by atoms with Crippen LogP contribution in [0.2, 0.25) is 0 Å². The fraction of sp³-hybridized carbons (Fsp3) is 0.467. The van der Waals surface area contributed by atoms with Gasteiger partial charge in [-0.15, -0.1) is 12.4 Å². The van der Waals surface area contributed by atoms with E-state index in [-0.39, 0.29) is 12.4 Å². The number of piperidine rings is 1. The van der Waals surface area contributed by atoms with Gasteiger partial charge in [-0.2, -0.15) is 0 Å². The molecule has 3 rings (SSSR count). The molecule has 1 aliphatic rings. The number of hydrogen-bond acceptors (Lipinski definition) is 4. The van der Waals surface area contributed by atoms with Crippen LogP contribution < -0.4 is 10.1 Å². The molecule has 5 heteroatoms. The van der Waals surface area contributed by atoms with Crippen molar-refractivity contribution in [1.82, 2.24) is 15.3 Å². The van der Waals surface area contributed by atoms with Crippen LogP contribution in [0.25, 0.3) is 11.0 Å². The van der Waals surface area contributed by atoms with E-state index < -0.39 is 0 Å². The van der Waals surface area contributed by atoms with Crippen molar-refractivity contribution in [3.63, 3.8) is 0 Å². The second kappa shape index (κ2) is 7.41. The molecule has 1 aromatic heterocycles. The molecule has 1 aliphatic heterocycles. The van der Waals surface area contributed by atoms with E-state index in [0.717, 1.165) is 43.1 Å². The highest BCUT2D eigenvalue weighted by Crippen LogP contribution is 2.16. The molecule has 2 aromatic rings. The minimum Gasteiger partial charge on any atom is -0.477 e. The molecule has 1 unspecified atom stereocenters. The van der Waals surface area contributed by atoms with Crippen LogP contribution in [-0.2, 0) is 0 Å². The Morgan fingerprint density at radius 3 is 2.90 bits per heavy atom. The zero-order valence-electron chi connectivity index (χ0n) is 11.4. The molecule has 4 nitrogen and oxygen atoms in total. The molecule has 0 amide bonds. The van der Waals surface area contributed by atoms with E-state index in [1.165, 1.54) is 12.8 Å². The Balaban J connectivity index is 0.00000147. The Kier molecular flexibility index (Phi) is 5.56. The van der Waals surface area contributed by atoms with Gasteiger partial charge in [-0.05, 0) is 50.4 Å². The third-order valence-electron chi connectivity index (χ3n) is 3.60. The van der Waals surface area contributed by atoms with E-state index in [9.17, 15) is 0 Å². The average molecular weight is 294 g/mol. The normalized spacial score (nSPS) is 18.5. The number of nitrogens with zero attached hydrogens (tertiary/aromatic N) is 2. The molecule has 0 spiro atoms. The fourth-order valence-electron chi connectivity index (χ4n) is 2.51. The number of rotatable bonds is 4. The number of halogens is 1. The van der Waals surface area contributed by atoms with Crippen molar-refractivity contribution in [2.24, 2.45) is 5.92 Å². The first kappa shape index (κ1) is 15.0. The van der Waals surface area contributed by atoms with E-state index in [1.54, 1.807) is 6.20 Å². The SMILES string of the molecule is Cl.c1ccc2nc(OCCC3CCCNC3)cnc2c1. The third kappa shape index (κ3) is 3.81. The highest BCUT2D eigenvalue weighted by Gasteiger charge is 2.12. The summed E-state index contributed by atoms with van der Waals surface area (Å²) in [4.78, 5) is 8.80. The zero-order chi connectivity index (χ0) is 12.9. The molecule has 1 saturated heterocycles. The molecular formula is C15H20ClN3O. The van der Waals surface area contributed by atoms with Crippen molar-refractivity contribution in [3.8, 4) is 5.88 Å². The summed E-state index contributed by atoms with van der Waals surface area (Å²) < 4.78 is 5.72. The van der Waals surface area contributed by atoms with Crippen LogP contribution in [0, 0.1) is 5.92 Å². The molecule has 108 valence electrons. The average Bonchev–Trinajstić information content (AvgIpc) is 2.48. The maximum Gasteiger partial charge on any atom is 0.232 e. The van der Waals surface area contributed by atoms with Gasteiger partial charge in [-0.3, -0.25) is 0 Å². The molecule has 1 atom stereocenters. The summed E-state index contributed by atoms with van der Waals surface area (Å²) in [6, 6.07) is 7.85. The Morgan fingerprint density at radius 2 is 2.10 bits per heavy atom. The van der Waals surface area contributed by atoms with Gasteiger partial charge in [0.25, 0.3) is 0 Å². The van der Waals surface area contributed by atoms with Crippen molar-refractivity contribution in [3.05, 3.63) is 30.5 Å². The van der Waals surface area contributed by atoms with Gasteiger partial charge in [-0.1, -0.05) is 12.1 Å². The molecule has 0 saturated carbocycles. The van der Waals surface area contributed by atoms with Gasteiger partial charge in [0.05, 0.1) is 23.8 Å². The van der Waals surface area contributed by atoms with Crippen LogP contribution in [0.4, 0.5) is 0 Å². The first-order chi connectivity index (χ1) is 9.42. The Labute approximate surface area is 125 Å². The van der Waals surface area contributed by atoms with Gasteiger partial charge >= 0.3 is 0 Å². The van der Waals surface area contributed by atoms with Crippen LogP contribution in [0.15, 0.2) is 30.5 Å². The van der Waals surface area contributed by atoms with Crippen LogP contribution in [0.3, 0.4) is 0 Å². The van der Waals surface area contributed by atoms with Crippen molar-refractivity contribution < 1.29 is 4.74 Å². The van der Waals surface area contributed by atoms with Crippen LogP contribution in [-0.4, -0.2) is 29.7 Å². The lowest BCUT2D eigenvalue weighted by atomic mass is 9.97. The largest absolute Gasteiger partial charge is 0.477 e. The number of benzene rings is 1. The van der Waals surface area contributed by atoms with E-state index in [0.29, 0.717) is 5.88 Å². The summed E-state index contributed by atoms with van der Waals surface area (Å²) in [5.74, 6) is 1.37. The number of para-hydroxylation sites is 2. The third-order valence-corrected chi connectivity index (χ3v) is 3.60. The standard InChI is InChI=1S/C15H19N3O.ClH/c1-2-6-14-13(5-1)17-11-15(18-14)19-9-7-12-4-3-8-16-10-12;/h1-2,5-6,11-12,16H,3-4,7-10H2;1H. The quantitative estimate of drug-likeness (QED) is 0.942. The maximum atomic E-state index is 5.72. The van der Waals surface area contributed by atoms with Crippen molar-refractivity contribution in [2.75, 3.05) is 19.7 Å². The number of fused-ring (bicyclic) bond motifs is 1. The van der Waals surface area contributed by atoms with Gasteiger partial charge < -0.3 is 10.1 Å². The summed E-state index contributed by atoms with van der Waals surface area (Å²) in [5, 5.41) is 3.42. The molecule has 0 aliphatic carbocycles. The summed E-state index contributed by atoms with van der Waals surface area (Å²) in [6.07, 6.45) is 5.38. The molecule has 0 bridgehead atoms. The van der Waals surface area contributed by atoms with Crippen molar-refractivity contribution in [2.45, 2.75) is 19.3 Å². The first-order valence-corrected chi connectivity index (χ1v) is 6.97. The number of hydrogen-bond donors (Lipinski definition) is 1. The Bertz CT molecular complexity index is 543. The van der Waals surface area contributed by atoms with E-state index in [4.69, 9.17) is 4.74 Å². The molecule has 20 heavy (non-hydrogen) atoms. The second-order valence-electron chi connectivity index (χ2n) is 5.05. The Morgan fingerprint density at radius 1 is 1.25 bits per heavy atom. The number of nitrogens with one attached hydrogen (secondary N) is 1. The lowest BCUT2D eigenvalue weighted by molar-refractivity contribution is 0.247. The van der Waals surface area contributed by atoms with Gasteiger partial charge in [0.15, 0.2) is 0 Å². The lowest BCUT2D eigenvalue weighted by Crippen LogP contribution is -2.30. The van der Waals surface area contributed by atoms with Crippen LogP contribution >= 0.6 is 12.4 Å². The molecule has 0 radical (unpaired) electrons. The smallest absolute Gasteiger partial charge is 0.232 e.